The number of piperidine rings is 1. The van der Waals surface area contributed by atoms with E-state index in [1.165, 1.54) is 0 Å². The number of hydrogen-bond acceptors (Lipinski definition) is 5. The molecule has 1 saturated heterocycles. The van der Waals surface area contributed by atoms with Gasteiger partial charge < -0.3 is 19.7 Å². The molecule has 2 bridgehead atoms. The van der Waals surface area contributed by atoms with Gasteiger partial charge in [0.1, 0.15) is 6.54 Å². The van der Waals surface area contributed by atoms with Crippen molar-refractivity contribution < 1.29 is 19.2 Å². The largest absolute Gasteiger partial charge is 0.388 e. The summed E-state index contributed by atoms with van der Waals surface area (Å²) in [6, 6.07) is 3.54. The van der Waals surface area contributed by atoms with Gasteiger partial charge in [-0.3, -0.25) is 19.2 Å². The van der Waals surface area contributed by atoms with Crippen LogP contribution < -0.4 is 5.32 Å². The number of Topliss-reactive ketones (excluding diaryl/α,β-unsaturated/α-hetero) is 2. The number of anilines is 1. The van der Waals surface area contributed by atoms with Gasteiger partial charge in [-0.05, 0) is 56.7 Å². The number of aromatic nitrogens is 1. The number of rotatable bonds is 4. The van der Waals surface area contributed by atoms with Crippen molar-refractivity contribution in [1.82, 2.24) is 14.4 Å². The van der Waals surface area contributed by atoms with Crippen molar-refractivity contribution in [2.45, 2.75) is 77.4 Å². The first-order valence-corrected chi connectivity index (χ1v) is 13.8. The summed E-state index contributed by atoms with van der Waals surface area (Å²) in [4.78, 5) is 56.0. The zero-order valence-electron chi connectivity index (χ0n) is 22.9. The van der Waals surface area contributed by atoms with Crippen LogP contribution in [0.2, 0.25) is 0 Å². The Kier molecular flexibility index (Phi) is 6.92. The van der Waals surface area contributed by atoms with Gasteiger partial charge in [0.05, 0.1) is 11.6 Å². The highest BCUT2D eigenvalue weighted by Crippen LogP contribution is 2.60. The molecule has 5 rings (SSSR count). The molecule has 1 aliphatic carbocycles. The van der Waals surface area contributed by atoms with Crippen LogP contribution in [0.25, 0.3) is 10.9 Å². The van der Waals surface area contributed by atoms with Crippen LogP contribution in [0.3, 0.4) is 0 Å². The van der Waals surface area contributed by atoms with E-state index in [1.54, 1.807) is 18.0 Å². The number of benzene rings is 1. The monoisotopic (exact) mass is 518 g/mol. The first-order valence-electron chi connectivity index (χ1n) is 13.8. The van der Waals surface area contributed by atoms with Crippen molar-refractivity contribution in [1.29, 1.82) is 0 Å². The molecule has 2 amide bonds. The molecule has 1 aromatic heterocycles. The third-order valence-electron chi connectivity index (χ3n) is 8.69. The minimum atomic E-state index is -0.457. The molecule has 202 valence electrons. The fourth-order valence-electron chi connectivity index (χ4n) is 6.64. The van der Waals surface area contributed by atoms with Gasteiger partial charge in [-0.2, -0.15) is 0 Å². The van der Waals surface area contributed by atoms with E-state index in [0.717, 1.165) is 41.4 Å². The Labute approximate surface area is 224 Å². The van der Waals surface area contributed by atoms with Crippen LogP contribution in [0.5, 0.6) is 0 Å². The molecule has 3 atom stereocenters. The molecule has 0 spiro atoms. The van der Waals surface area contributed by atoms with Gasteiger partial charge in [0.15, 0.2) is 11.6 Å². The predicted octanol–water partition coefficient (Wildman–Crippen LogP) is 3.97. The number of ketones is 2. The van der Waals surface area contributed by atoms with Gasteiger partial charge in [0, 0.05) is 67.8 Å². The second-order valence-corrected chi connectivity index (χ2v) is 11.2. The number of carbonyl (C=O) groups is 4. The third-order valence-corrected chi connectivity index (χ3v) is 8.69. The molecule has 2 aliphatic heterocycles. The molecule has 8 heteroatoms. The summed E-state index contributed by atoms with van der Waals surface area (Å²) in [7, 11) is 3.69. The summed E-state index contributed by atoms with van der Waals surface area (Å²) in [6.45, 7) is 4.03. The zero-order valence-corrected chi connectivity index (χ0v) is 22.9. The number of nitrogens with one attached hydrogen (secondary N) is 1. The molecule has 8 nitrogen and oxygen atoms in total. The Morgan fingerprint density at radius 3 is 2.63 bits per heavy atom. The Hall–Kier alpha value is -3.42. The Balaban J connectivity index is 1.60. The number of amides is 2. The number of hydrogen-bond donors (Lipinski definition) is 1. The minimum absolute atomic E-state index is 0.0347. The molecule has 3 heterocycles. The highest BCUT2D eigenvalue weighted by molar-refractivity contribution is 6.09. The van der Waals surface area contributed by atoms with Crippen molar-refractivity contribution in [3.63, 3.8) is 0 Å². The van der Waals surface area contributed by atoms with E-state index in [2.05, 4.69) is 23.5 Å². The van der Waals surface area contributed by atoms with E-state index >= 15 is 0 Å². The summed E-state index contributed by atoms with van der Waals surface area (Å²) in [5.41, 5.74) is 3.19. The van der Waals surface area contributed by atoms with Crippen LogP contribution in [0.15, 0.2) is 30.5 Å². The molecule has 0 unspecified atom stereocenters. The van der Waals surface area contributed by atoms with Crippen molar-refractivity contribution >= 4 is 40.0 Å². The van der Waals surface area contributed by atoms with E-state index in [0.29, 0.717) is 37.8 Å². The lowest BCUT2D eigenvalue weighted by molar-refractivity contribution is -0.139. The lowest BCUT2D eigenvalue weighted by Gasteiger charge is -2.27. The quantitative estimate of drug-likeness (QED) is 0.489. The summed E-state index contributed by atoms with van der Waals surface area (Å²) in [5, 5.41) is 4.02. The average molecular weight is 519 g/mol. The molecule has 2 aromatic rings. The maximum atomic E-state index is 13.9. The average Bonchev–Trinajstić information content (AvgIpc) is 3.29. The normalized spacial score (nSPS) is 26.7. The summed E-state index contributed by atoms with van der Waals surface area (Å²) in [5.74, 6) is 0.0273. The van der Waals surface area contributed by atoms with Crippen LogP contribution in [-0.2, 0) is 27.3 Å². The topological polar surface area (TPSA) is 91.7 Å². The van der Waals surface area contributed by atoms with Gasteiger partial charge in [-0.15, -0.1) is 0 Å². The number of allylic oxidation sites excluding steroid dienone is 2. The van der Waals surface area contributed by atoms with Crippen molar-refractivity contribution in [3.8, 4) is 0 Å². The molecule has 1 saturated carbocycles. The zero-order chi connectivity index (χ0) is 27.2. The maximum absolute atomic E-state index is 13.9. The minimum Gasteiger partial charge on any atom is -0.388 e. The Morgan fingerprint density at radius 2 is 1.92 bits per heavy atom. The molecule has 2 fully saturated rings. The summed E-state index contributed by atoms with van der Waals surface area (Å²) >= 11 is 0. The van der Waals surface area contributed by atoms with E-state index in [1.807, 2.05) is 36.6 Å². The molecule has 0 radical (unpaired) electrons. The summed E-state index contributed by atoms with van der Waals surface area (Å²) in [6.07, 6.45) is 10.5. The van der Waals surface area contributed by atoms with Crippen LogP contribution in [0.1, 0.15) is 68.3 Å². The van der Waals surface area contributed by atoms with Crippen LogP contribution >= 0.6 is 0 Å². The lowest BCUT2D eigenvalue weighted by atomic mass is 9.95. The van der Waals surface area contributed by atoms with Crippen LogP contribution in [0, 0.1) is 5.41 Å². The number of carbonyl (C=O) groups excluding carboxylic acids is 4. The van der Waals surface area contributed by atoms with E-state index in [-0.39, 0.29) is 41.4 Å². The van der Waals surface area contributed by atoms with Crippen molar-refractivity contribution in [3.05, 3.63) is 41.6 Å². The molecule has 38 heavy (non-hydrogen) atoms. The van der Waals surface area contributed by atoms with Gasteiger partial charge >= 0.3 is 0 Å². The molecule has 3 aliphatic rings. The first-order chi connectivity index (χ1) is 18.2. The fraction of sp³-hybridized carbons (Fsp3) is 0.533. The SMILES string of the molecule is CCC(=O)[C@@H]1C[C@@]23C[C@H]2N1C(=O)Cn1cc(C(C)=O)c2cc(NC)cc(c21)C/C=C/CCCC(=O)N(C)C3. The molecule has 1 N–H and O–H groups in total. The molecular weight excluding hydrogens is 480 g/mol. The summed E-state index contributed by atoms with van der Waals surface area (Å²) < 4.78 is 1.90. The fourth-order valence-corrected chi connectivity index (χ4v) is 6.64. The molecule has 1 aromatic carbocycles. The highest BCUT2D eigenvalue weighted by Gasteiger charge is 2.67. The van der Waals surface area contributed by atoms with Gasteiger partial charge in [0.25, 0.3) is 0 Å². The second-order valence-electron chi connectivity index (χ2n) is 11.2. The van der Waals surface area contributed by atoms with Gasteiger partial charge in [0.2, 0.25) is 11.8 Å². The first kappa shape index (κ1) is 26.2. The molecular formula is C30H38N4O4. The van der Waals surface area contributed by atoms with Crippen LogP contribution in [0.4, 0.5) is 5.69 Å². The van der Waals surface area contributed by atoms with Crippen molar-refractivity contribution in [2.75, 3.05) is 26.0 Å². The Morgan fingerprint density at radius 1 is 1.13 bits per heavy atom. The lowest BCUT2D eigenvalue weighted by Crippen LogP contribution is -2.44. The second kappa shape index (κ2) is 10.0. The van der Waals surface area contributed by atoms with Gasteiger partial charge in [-0.1, -0.05) is 19.1 Å². The van der Waals surface area contributed by atoms with Crippen molar-refractivity contribution in [2.24, 2.45) is 5.41 Å². The van der Waals surface area contributed by atoms with Gasteiger partial charge in [-0.25, -0.2) is 0 Å². The van der Waals surface area contributed by atoms with E-state index in [4.69, 9.17) is 0 Å². The van der Waals surface area contributed by atoms with E-state index in [9.17, 15) is 19.2 Å². The smallest absolute Gasteiger partial charge is 0.243 e. The standard InChI is InChI=1S/C30H38N4O4/c1-5-25(36)24-14-30-15-26(30)34(24)28(38)17-33-16-23(19(2)35)22-13-21(31-3)12-20(29(22)33)10-8-6-7-9-11-27(37)32(4)18-30/h6,8,12-13,16,24,26,31H,5,7,9-11,14-15,17-18H2,1-4H3/b8-6+/t24-,26+,30-/m0/s1. The number of nitrogens with zero attached hydrogens (tertiary/aromatic N) is 3. The maximum Gasteiger partial charge on any atom is 0.243 e. The third kappa shape index (κ3) is 4.54. The Bertz CT molecular complexity index is 1340. The predicted molar refractivity (Wildman–Crippen MR) is 147 cm³/mol. The van der Waals surface area contributed by atoms with Crippen LogP contribution in [-0.4, -0.2) is 70.5 Å². The highest BCUT2D eigenvalue weighted by atomic mass is 16.2. The van der Waals surface area contributed by atoms with E-state index < -0.39 is 6.04 Å².